The van der Waals surface area contributed by atoms with Gasteiger partial charge in [-0.05, 0) is 38.7 Å². The zero-order valence-electron chi connectivity index (χ0n) is 17.5. The largest absolute Gasteiger partial charge is 0.493 e. The van der Waals surface area contributed by atoms with E-state index in [1.165, 1.54) is 0 Å². The molecule has 1 aliphatic rings. The highest BCUT2D eigenvalue weighted by Gasteiger charge is 2.35. The SMILES string of the molecule is CCCCC1=C(C(=O)OC(C)C)C(c2ccccc2OCC(C)C)NC(=O)N1. The van der Waals surface area contributed by atoms with Crippen LogP contribution in [0.1, 0.15) is 65.5 Å². The number of nitrogens with one attached hydrogen (secondary N) is 2. The summed E-state index contributed by atoms with van der Waals surface area (Å²) in [5, 5.41) is 5.70. The van der Waals surface area contributed by atoms with Crippen LogP contribution in [0.4, 0.5) is 4.79 Å². The normalized spacial score (nSPS) is 16.8. The van der Waals surface area contributed by atoms with Gasteiger partial charge in [-0.1, -0.05) is 45.4 Å². The molecule has 0 saturated heterocycles. The fraction of sp³-hybridized carbons (Fsp3) is 0.545. The first kappa shape index (κ1) is 21.8. The van der Waals surface area contributed by atoms with Crippen LogP contribution in [0.2, 0.25) is 0 Å². The summed E-state index contributed by atoms with van der Waals surface area (Å²) in [5.74, 6) is 0.599. The molecule has 0 aliphatic carbocycles. The molecular formula is C22H32N2O4. The average molecular weight is 389 g/mol. The van der Waals surface area contributed by atoms with Gasteiger partial charge in [0, 0.05) is 11.3 Å². The van der Waals surface area contributed by atoms with Crippen LogP contribution in [-0.4, -0.2) is 24.7 Å². The van der Waals surface area contributed by atoms with Gasteiger partial charge in [0.15, 0.2) is 0 Å². The quantitative estimate of drug-likeness (QED) is 0.612. The highest BCUT2D eigenvalue weighted by atomic mass is 16.5. The fourth-order valence-corrected chi connectivity index (χ4v) is 3.03. The van der Waals surface area contributed by atoms with Crippen molar-refractivity contribution in [3.8, 4) is 5.75 Å². The van der Waals surface area contributed by atoms with Crippen LogP contribution in [0.3, 0.4) is 0 Å². The first-order valence-electron chi connectivity index (χ1n) is 10.1. The zero-order valence-corrected chi connectivity index (χ0v) is 17.5. The van der Waals surface area contributed by atoms with Gasteiger partial charge in [-0.3, -0.25) is 0 Å². The van der Waals surface area contributed by atoms with Crippen LogP contribution in [0, 0.1) is 5.92 Å². The van der Waals surface area contributed by atoms with Crippen molar-refractivity contribution in [3.63, 3.8) is 0 Å². The Morgan fingerprint density at radius 3 is 2.54 bits per heavy atom. The smallest absolute Gasteiger partial charge is 0.338 e. The summed E-state index contributed by atoms with van der Waals surface area (Å²) in [7, 11) is 0. The molecule has 6 heteroatoms. The van der Waals surface area contributed by atoms with Crippen molar-refractivity contribution in [3.05, 3.63) is 41.1 Å². The van der Waals surface area contributed by atoms with Crippen molar-refractivity contribution in [1.82, 2.24) is 10.6 Å². The molecule has 2 amide bonds. The minimum atomic E-state index is -0.616. The third kappa shape index (κ3) is 5.75. The van der Waals surface area contributed by atoms with Gasteiger partial charge in [-0.15, -0.1) is 0 Å². The molecule has 154 valence electrons. The summed E-state index contributed by atoms with van der Waals surface area (Å²) in [6, 6.07) is 6.57. The van der Waals surface area contributed by atoms with Gasteiger partial charge in [0.1, 0.15) is 5.75 Å². The summed E-state index contributed by atoms with van der Waals surface area (Å²) in [5.41, 5.74) is 1.82. The number of amides is 2. The van der Waals surface area contributed by atoms with Crippen molar-refractivity contribution in [2.75, 3.05) is 6.61 Å². The lowest BCUT2D eigenvalue weighted by Crippen LogP contribution is -2.46. The van der Waals surface area contributed by atoms with E-state index in [9.17, 15) is 9.59 Å². The lowest BCUT2D eigenvalue weighted by atomic mass is 9.93. The maximum absolute atomic E-state index is 12.9. The van der Waals surface area contributed by atoms with Crippen LogP contribution in [0.15, 0.2) is 35.5 Å². The highest BCUT2D eigenvalue weighted by Crippen LogP contribution is 2.35. The molecular weight excluding hydrogens is 356 g/mol. The van der Waals surface area contributed by atoms with Crippen LogP contribution in [0.5, 0.6) is 5.75 Å². The molecule has 0 radical (unpaired) electrons. The standard InChI is InChI=1S/C22H32N2O4/c1-6-7-11-17-19(21(25)28-15(4)5)20(24-22(26)23-17)16-10-8-9-12-18(16)27-13-14(2)3/h8-10,12,14-15,20H,6-7,11,13H2,1-5H3,(H2,23,24,26). The van der Waals surface area contributed by atoms with Gasteiger partial charge in [0.2, 0.25) is 0 Å². The Bertz CT molecular complexity index is 725. The lowest BCUT2D eigenvalue weighted by Gasteiger charge is -2.31. The first-order chi connectivity index (χ1) is 13.3. The van der Waals surface area contributed by atoms with Crippen molar-refractivity contribution >= 4 is 12.0 Å². The van der Waals surface area contributed by atoms with E-state index >= 15 is 0 Å². The van der Waals surface area contributed by atoms with Crippen molar-refractivity contribution in [1.29, 1.82) is 0 Å². The van der Waals surface area contributed by atoms with E-state index in [0.29, 0.717) is 36.0 Å². The first-order valence-corrected chi connectivity index (χ1v) is 10.1. The summed E-state index contributed by atoms with van der Waals surface area (Å²) >= 11 is 0. The summed E-state index contributed by atoms with van der Waals surface area (Å²) < 4.78 is 11.5. The number of unbranched alkanes of at least 4 members (excludes halogenated alkanes) is 1. The molecule has 0 saturated carbocycles. The van der Waals surface area contributed by atoms with Crippen molar-refractivity contribution < 1.29 is 19.1 Å². The Morgan fingerprint density at radius 1 is 1.18 bits per heavy atom. The van der Waals surface area contributed by atoms with E-state index in [1.807, 2.05) is 38.1 Å². The summed E-state index contributed by atoms with van der Waals surface area (Å²) in [6.07, 6.45) is 2.18. The van der Waals surface area contributed by atoms with E-state index in [4.69, 9.17) is 9.47 Å². The topological polar surface area (TPSA) is 76.7 Å². The second-order valence-corrected chi connectivity index (χ2v) is 7.72. The highest BCUT2D eigenvalue weighted by molar-refractivity contribution is 5.95. The number of hydrogen-bond acceptors (Lipinski definition) is 4. The second-order valence-electron chi connectivity index (χ2n) is 7.72. The molecule has 28 heavy (non-hydrogen) atoms. The van der Waals surface area contributed by atoms with Gasteiger partial charge < -0.3 is 20.1 Å². The molecule has 1 atom stereocenters. The molecule has 1 heterocycles. The van der Waals surface area contributed by atoms with Crippen LogP contribution in [-0.2, 0) is 9.53 Å². The monoisotopic (exact) mass is 388 g/mol. The van der Waals surface area contributed by atoms with E-state index in [1.54, 1.807) is 0 Å². The van der Waals surface area contributed by atoms with Crippen LogP contribution >= 0.6 is 0 Å². The minimum absolute atomic E-state index is 0.252. The Hall–Kier alpha value is -2.50. The third-order valence-corrected chi connectivity index (χ3v) is 4.30. The summed E-state index contributed by atoms with van der Waals surface area (Å²) in [4.78, 5) is 25.3. The predicted molar refractivity (Wildman–Crippen MR) is 109 cm³/mol. The molecule has 0 fully saturated rings. The van der Waals surface area contributed by atoms with E-state index < -0.39 is 12.0 Å². The number of hydrogen-bond donors (Lipinski definition) is 2. The maximum atomic E-state index is 12.9. The molecule has 0 aromatic heterocycles. The predicted octanol–water partition coefficient (Wildman–Crippen LogP) is 4.47. The number of urea groups is 1. The lowest BCUT2D eigenvalue weighted by molar-refractivity contribution is -0.143. The maximum Gasteiger partial charge on any atom is 0.338 e. The molecule has 2 rings (SSSR count). The van der Waals surface area contributed by atoms with Crippen molar-refractivity contribution in [2.45, 2.75) is 66.0 Å². The number of ether oxygens (including phenoxy) is 2. The fourth-order valence-electron chi connectivity index (χ4n) is 3.03. The number of para-hydroxylation sites is 1. The Labute approximate surface area is 167 Å². The van der Waals surface area contributed by atoms with Gasteiger partial charge in [-0.2, -0.15) is 0 Å². The minimum Gasteiger partial charge on any atom is -0.493 e. The van der Waals surface area contributed by atoms with Gasteiger partial charge >= 0.3 is 12.0 Å². The van der Waals surface area contributed by atoms with E-state index in [-0.39, 0.29) is 12.1 Å². The van der Waals surface area contributed by atoms with Crippen molar-refractivity contribution in [2.24, 2.45) is 5.92 Å². The molecule has 1 aromatic carbocycles. The Balaban J connectivity index is 2.49. The third-order valence-electron chi connectivity index (χ3n) is 4.30. The van der Waals surface area contributed by atoms with Crippen LogP contribution in [0.25, 0.3) is 0 Å². The van der Waals surface area contributed by atoms with Gasteiger partial charge in [0.25, 0.3) is 0 Å². The summed E-state index contributed by atoms with van der Waals surface area (Å²) in [6.45, 7) is 10.4. The number of esters is 1. The second kappa shape index (κ2) is 10.2. The molecule has 1 unspecified atom stereocenters. The molecule has 0 bridgehead atoms. The number of allylic oxidation sites excluding steroid dienone is 1. The van der Waals surface area contributed by atoms with Crippen LogP contribution < -0.4 is 15.4 Å². The molecule has 0 spiro atoms. The van der Waals surface area contributed by atoms with E-state index in [2.05, 4.69) is 31.4 Å². The molecule has 1 aliphatic heterocycles. The molecule has 6 nitrogen and oxygen atoms in total. The van der Waals surface area contributed by atoms with Gasteiger partial charge in [-0.25, -0.2) is 9.59 Å². The number of benzene rings is 1. The molecule has 1 aromatic rings. The molecule has 2 N–H and O–H groups in total. The number of carbonyl (C=O) groups is 2. The zero-order chi connectivity index (χ0) is 20.7. The average Bonchev–Trinajstić information content (AvgIpc) is 2.63. The Morgan fingerprint density at radius 2 is 1.89 bits per heavy atom. The number of rotatable bonds is 9. The van der Waals surface area contributed by atoms with E-state index in [0.717, 1.165) is 18.4 Å². The number of carbonyl (C=O) groups excluding carboxylic acids is 2. The van der Waals surface area contributed by atoms with Gasteiger partial charge in [0.05, 0.1) is 24.3 Å². The Kier molecular flexibility index (Phi) is 7.91.